The highest BCUT2D eigenvalue weighted by Crippen LogP contribution is 1.95. The number of esters is 1. The maximum Gasteiger partial charge on any atom is 0.334 e. The van der Waals surface area contributed by atoms with Gasteiger partial charge in [-0.05, 0) is 6.92 Å². The van der Waals surface area contributed by atoms with Gasteiger partial charge in [-0.2, -0.15) is 0 Å². The van der Waals surface area contributed by atoms with Crippen LogP contribution in [-0.4, -0.2) is 32.1 Å². The zero-order chi connectivity index (χ0) is 8.15. The Morgan fingerprint density at radius 1 is 1.50 bits per heavy atom. The molecular formula is C7H13NO2. The first-order chi connectivity index (χ1) is 4.57. The van der Waals surface area contributed by atoms with E-state index >= 15 is 0 Å². The lowest BCUT2D eigenvalue weighted by Crippen LogP contribution is -2.08. The van der Waals surface area contributed by atoms with Gasteiger partial charge in [-0.25, -0.2) is 4.79 Å². The van der Waals surface area contributed by atoms with Crippen LogP contribution in [0.4, 0.5) is 0 Å². The zero-order valence-electron chi connectivity index (χ0n) is 6.84. The number of methoxy groups -OCH3 is 1. The Hall–Kier alpha value is -0.990. The van der Waals surface area contributed by atoms with Crippen LogP contribution in [0.15, 0.2) is 11.8 Å². The van der Waals surface area contributed by atoms with Crippen molar-refractivity contribution in [1.29, 1.82) is 0 Å². The number of ether oxygens (including phenoxy) is 1. The fraction of sp³-hybridized carbons (Fsp3) is 0.571. The topological polar surface area (TPSA) is 29.5 Å². The molecule has 0 fully saturated rings. The van der Waals surface area contributed by atoms with Crippen molar-refractivity contribution >= 4 is 5.97 Å². The quantitative estimate of drug-likeness (QED) is 0.419. The third kappa shape index (κ3) is 3.12. The summed E-state index contributed by atoms with van der Waals surface area (Å²) in [5.41, 5.74) is 0.604. The van der Waals surface area contributed by atoms with Gasteiger partial charge in [0.05, 0.1) is 7.11 Å². The Balaban J connectivity index is 4.05. The molecule has 0 spiro atoms. The molecule has 0 aromatic carbocycles. The molecule has 3 heteroatoms. The molecule has 0 saturated heterocycles. The lowest BCUT2D eigenvalue weighted by atomic mass is 10.3. The van der Waals surface area contributed by atoms with Gasteiger partial charge in [0.1, 0.15) is 0 Å². The first kappa shape index (κ1) is 9.01. The van der Waals surface area contributed by atoms with Crippen molar-refractivity contribution in [2.45, 2.75) is 6.92 Å². The number of nitrogens with zero attached hydrogens (tertiary/aromatic N) is 1. The van der Waals surface area contributed by atoms with E-state index in [9.17, 15) is 4.79 Å². The molecule has 0 aromatic heterocycles. The fourth-order valence-corrected chi connectivity index (χ4v) is 0.601. The second-order valence-corrected chi connectivity index (χ2v) is 2.27. The van der Waals surface area contributed by atoms with Crippen LogP contribution in [0.1, 0.15) is 6.92 Å². The summed E-state index contributed by atoms with van der Waals surface area (Å²) in [5.74, 6) is -0.284. The summed E-state index contributed by atoms with van der Waals surface area (Å²) in [6, 6.07) is 0. The molecule has 0 amide bonds. The van der Waals surface area contributed by atoms with Crippen molar-refractivity contribution in [3.05, 3.63) is 11.8 Å². The Labute approximate surface area is 61.3 Å². The van der Waals surface area contributed by atoms with E-state index in [4.69, 9.17) is 0 Å². The Morgan fingerprint density at radius 3 is 2.30 bits per heavy atom. The summed E-state index contributed by atoms with van der Waals surface area (Å²) in [4.78, 5) is 12.5. The molecule has 0 aromatic rings. The third-order valence-electron chi connectivity index (χ3n) is 0.959. The fourth-order valence-electron chi connectivity index (χ4n) is 0.601. The van der Waals surface area contributed by atoms with Crippen molar-refractivity contribution < 1.29 is 9.53 Å². The zero-order valence-corrected chi connectivity index (χ0v) is 6.84. The van der Waals surface area contributed by atoms with Crippen molar-refractivity contribution in [1.82, 2.24) is 4.90 Å². The standard InChI is InChI=1S/C7H13NO2/c1-6(5-8(2)3)7(9)10-4/h5H,1-4H3/b6-5+. The van der Waals surface area contributed by atoms with Crippen LogP contribution >= 0.6 is 0 Å². The first-order valence-electron chi connectivity index (χ1n) is 3.01. The highest BCUT2D eigenvalue weighted by Gasteiger charge is 2.01. The molecule has 0 unspecified atom stereocenters. The Bertz CT molecular complexity index is 150. The van der Waals surface area contributed by atoms with E-state index in [2.05, 4.69) is 4.74 Å². The molecule has 0 rings (SSSR count). The van der Waals surface area contributed by atoms with Gasteiger partial charge in [-0.1, -0.05) is 0 Å². The van der Waals surface area contributed by atoms with Crippen LogP contribution in [0.5, 0.6) is 0 Å². The number of hydrogen-bond donors (Lipinski definition) is 0. The van der Waals surface area contributed by atoms with Gasteiger partial charge in [0.2, 0.25) is 0 Å². The van der Waals surface area contributed by atoms with Crippen molar-refractivity contribution in [2.75, 3.05) is 21.2 Å². The summed E-state index contributed by atoms with van der Waals surface area (Å²) in [5, 5.41) is 0. The molecule has 0 heterocycles. The van der Waals surface area contributed by atoms with Crippen LogP contribution in [0, 0.1) is 0 Å². The normalized spacial score (nSPS) is 11.0. The summed E-state index contributed by atoms with van der Waals surface area (Å²) < 4.78 is 4.48. The minimum absolute atomic E-state index is 0.284. The van der Waals surface area contributed by atoms with Crippen LogP contribution in [0.3, 0.4) is 0 Å². The largest absolute Gasteiger partial charge is 0.466 e. The molecule has 0 aliphatic carbocycles. The lowest BCUT2D eigenvalue weighted by molar-refractivity contribution is -0.136. The van der Waals surface area contributed by atoms with E-state index in [1.807, 2.05) is 14.1 Å². The molecule has 10 heavy (non-hydrogen) atoms. The summed E-state index contributed by atoms with van der Waals surface area (Å²) >= 11 is 0. The molecule has 3 nitrogen and oxygen atoms in total. The van der Waals surface area contributed by atoms with Gasteiger partial charge >= 0.3 is 5.97 Å². The Kier molecular flexibility index (Phi) is 3.54. The number of hydrogen-bond acceptors (Lipinski definition) is 3. The van der Waals surface area contributed by atoms with Gasteiger partial charge < -0.3 is 9.64 Å². The van der Waals surface area contributed by atoms with E-state index in [0.29, 0.717) is 5.57 Å². The number of carbonyl (C=O) groups is 1. The van der Waals surface area contributed by atoms with Crippen LogP contribution in [-0.2, 0) is 9.53 Å². The summed E-state index contributed by atoms with van der Waals surface area (Å²) in [6.07, 6.45) is 1.71. The highest BCUT2D eigenvalue weighted by atomic mass is 16.5. The minimum atomic E-state index is -0.284. The predicted octanol–water partition coefficient (Wildman–Crippen LogP) is 0.625. The van der Waals surface area contributed by atoms with Crippen LogP contribution < -0.4 is 0 Å². The van der Waals surface area contributed by atoms with Crippen LogP contribution in [0.2, 0.25) is 0 Å². The van der Waals surface area contributed by atoms with E-state index in [0.717, 1.165) is 0 Å². The summed E-state index contributed by atoms with van der Waals surface area (Å²) in [7, 11) is 5.08. The predicted molar refractivity (Wildman–Crippen MR) is 39.5 cm³/mol. The maximum atomic E-state index is 10.7. The van der Waals surface area contributed by atoms with E-state index in [1.165, 1.54) is 7.11 Å². The molecule has 0 atom stereocenters. The molecule has 58 valence electrons. The van der Waals surface area contributed by atoms with Crippen molar-refractivity contribution in [2.24, 2.45) is 0 Å². The van der Waals surface area contributed by atoms with E-state index in [1.54, 1.807) is 18.0 Å². The molecule has 0 N–H and O–H groups in total. The maximum absolute atomic E-state index is 10.7. The third-order valence-corrected chi connectivity index (χ3v) is 0.959. The van der Waals surface area contributed by atoms with Gasteiger partial charge in [-0.15, -0.1) is 0 Å². The van der Waals surface area contributed by atoms with Gasteiger partial charge in [0.15, 0.2) is 0 Å². The molecule has 0 aliphatic heterocycles. The van der Waals surface area contributed by atoms with Crippen LogP contribution in [0.25, 0.3) is 0 Å². The van der Waals surface area contributed by atoms with Gasteiger partial charge in [0, 0.05) is 25.9 Å². The first-order valence-corrected chi connectivity index (χ1v) is 3.01. The number of carbonyl (C=O) groups excluding carboxylic acids is 1. The molecule has 0 aliphatic rings. The number of rotatable bonds is 2. The average molecular weight is 143 g/mol. The molecule has 0 saturated carbocycles. The highest BCUT2D eigenvalue weighted by molar-refractivity contribution is 5.87. The van der Waals surface area contributed by atoms with E-state index < -0.39 is 0 Å². The second-order valence-electron chi connectivity index (χ2n) is 2.27. The minimum Gasteiger partial charge on any atom is -0.466 e. The second kappa shape index (κ2) is 3.93. The Morgan fingerprint density at radius 2 is 2.00 bits per heavy atom. The van der Waals surface area contributed by atoms with E-state index in [-0.39, 0.29) is 5.97 Å². The molecular weight excluding hydrogens is 130 g/mol. The molecule has 0 bridgehead atoms. The molecule has 0 radical (unpaired) electrons. The van der Waals surface area contributed by atoms with Crippen molar-refractivity contribution in [3.63, 3.8) is 0 Å². The SMILES string of the molecule is COC(=O)/C(C)=C/N(C)C. The monoisotopic (exact) mass is 143 g/mol. The lowest BCUT2D eigenvalue weighted by Gasteiger charge is -2.05. The smallest absolute Gasteiger partial charge is 0.334 e. The van der Waals surface area contributed by atoms with Crippen molar-refractivity contribution in [3.8, 4) is 0 Å². The van der Waals surface area contributed by atoms with Gasteiger partial charge in [-0.3, -0.25) is 0 Å². The average Bonchev–Trinajstić information content (AvgIpc) is 1.85. The summed E-state index contributed by atoms with van der Waals surface area (Å²) in [6.45, 7) is 1.71. The van der Waals surface area contributed by atoms with Gasteiger partial charge in [0.25, 0.3) is 0 Å².